The first-order valence-electron chi connectivity index (χ1n) is 6.81. The quantitative estimate of drug-likeness (QED) is 0.839. The van der Waals surface area contributed by atoms with Crippen molar-refractivity contribution in [3.8, 4) is 0 Å². The van der Waals surface area contributed by atoms with Gasteiger partial charge in [0.1, 0.15) is 0 Å². The molecule has 2 nitrogen and oxygen atoms in total. The second kappa shape index (κ2) is 4.43. The number of nitrogens with one attached hydrogen (secondary N) is 1. The summed E-state index contributed by atoms with van der Waals surface area (Å²) < 4.78 is 0. The van der Waals surface area contributed by atoms with E-state index in [1.54, 1.807) is 0 Å². The average Bonchev–Trinajstić information content (AvgIpc) is 2.93. The Morgan fingerprint density at radius 3 is 2.82 bits per heavy atom. The lowest BCUT2D eigenvalue weighted by Gasteiger charge is -2.33. The van der Waals surface area contributed by atoms with Crippen LogP contribution in [-0.4, -0.2) is 30.1 Å². The van der Waals surface area contributed by atoms with Gasteiger partial charge in [0.15, 0.2) is 0 Å². The van der Waals surface area contributed by atoms with Crippen LogP contribution in [0.4, 0.5) is 0 Å². The standard InChI is InChI=1S/C15H22N2/c1-11-15-14(10-16-11)8-9-17(15)12(2)13-6-4-3-5-7-13/h3-7,11-12,14-16H,8-10H2,1-2H3/t11?,12-,14-,15+/m0/s1. The molecule has 2 aliphatic heterocycles. The second-order valence-electron chi connectivity index (χ2n) is 5.56. The van der Waals surface area contributed by atoms with Crippen LogP contribution in [0.15, 0.2) is 30.3 Å². The molecule has 2 heterocycles. The Balaban J connectivity index is 1.81. The minimum absolute atomic E-state index is 0.550. The van der Waals surface area contributed by atoms with E-state index in [9.17, 15) is 0 Å². The summed E-state index contributed by atoms with van der Waals surface area (Å²) in [6.45, 7) is 7.16. The molecule has 0 amide bonds. The number of likely N-dealkylation sites (tertiary alicyclic amines) is 1. The number of hydrogen-bond acceptors (Lipinski definition) is 2. The van der Waals surface area contributed by atoms with Gasteiger partial charge >= 0.3 is 0 Å². The van der Waals surface area contributed by atoms with E-state index in [-0.39, 0.29) is 0 Å². The molecule has 1 unspecified atom stereocenters. The van der Waals surface area contributed by atoms with Crippen LogP contribution in [-0.2, 0) is 0 Å². The van der Waals surface area contributed by atoms with Crippen molar-refractivity contribution in [3.05, 3.63) is 35.9 Å². The van der Waals surface area contributed by atoms with Gasteiger partial charge in [0.2, 0.25) is 0 Å². The first kappa shape index (κ1) is 11.2. The van der Waals surface area contributed by atoms with E-state index in [1.807, 2.05) is 0 Å². The zero-order valence-corrected chi connectivity index (χ0v) is 10.8. The van der Waals surface area contributed by atoms with Gasteiger partial charge in [0, 0.05) is 18.1 Å². The summed E-state index contributed by atoms with van der Waals surface area (Å²) in [6, 6.07) is 12.8. The fourth-order valence-electron chi connectivity index (χ4n) is 3.66. The third-order valence-corrected chi connectivity index (χ3v) is 4.62. The van der Waals surface area contributed by atoms with Gasteiger partial charge in [0.25, 0.3) is 0 Å². The van der Waals surface area contributed by atoms with Gasteiger partial charge in [-0.25, -0.2) is 0 Å². The summed E-state index contributed by atoms with van der Waals surface area (Å²) in [7, 11) is 0. The van der Waals surface area contributed by atoms with Crippen LogP contribution >= 0.6 is 0 Å². The van der Waals surface area contributed by atoms with Crippen molar-refractivity contribution in [2.45, 2.75) is 38.4 Å². The summed E-state index contributed by atoms with van der Waals surface area (Å²) >= 11 is 0. The molecule has 2 aliphatic rings. The Morgan fingerprint density at radius 2 is 2.06 bits per heavy atom. The normalized spacial score (nSPS) is 34.8. The zero-order valence-electron chi connectivity index (χ0n) is 10.8. The van der Waals surface area contributed by atoms with Crippen LogP contribution in [0.5, 0.6) is 0 Å². The fraction of sp³-hybridized carbons (Fsp3) is 0.600. The van der Waals surface area contributed by atoms with Crippen LogP contribution in [0.2, 0.25) is 0 Å². The van der Waals surface area contributed by atoms with E-state index in [4.69, 9.17) is 0 Å². The minimum Gasteiger partial charge on any atom is -0.312 e. The molecular weight excluding hydrogens is 208 g/mol. The van der Waals surface area contributed by atoms with Crippen LogP contribution in [0.25, 0.3) is 0 Å². The minimum atomic E-state index is 0.550. The molecule has 1 aromatic carbocycles. The largest absolute Gasteiger partial charge is 0.312 e. The van der Waals surface area contributed by atoms with Gasteiger partial charge in [-0.1, -0.05) is 30.3 Å². The second-order valence-corrected chi connectivity index (χ2v) is 5.56. The lowest BCUT2D eigenvalue weighted by Crippen LogP contribution is -2.41. The molecule has 3 rings (SSSR count). The number of hydrogen-bond donors (Lipinski definition) is 1. The van der Waals surface area contributed by atoms with Crippen molar-refractivity contribution in [2.24, 2.45) is 5.92 Å². The summed E-state index contributed by atoms with van der Waals surface area (Å²) in [5.74, 6) is 0.871. The van der Waals surface area contributed by atoms with Gasteiger partial charge in [-0.2, -0.15) is 0 Å². The van der Waals surface area contributed by atoms with Crippen molar-refractivity contribution in [2.75, 3.05) is 13.1 Å². The number of rotatable bonds is 2. The molecule has 2 fully saturated rings. The lowest BCUT2D eigenvalue weighted by atomic mass is 9.99. The smallest absolute Gasteiger partial charge is 0.0323 e. The summed E-state index contributed by atoms with van der Waals surface area (Å²) in [6.07, 6.45) is 1.36. The van der Waals surface area contributed by atoms with Crippen molar-refractivity contribution < 1.29 is 0 Å². The molecular formula is C15H22N2. The molecule has 0 aliphatic carbocycles. The molecule has 0 radical (unpaired) electrons. The van der Waals surface area contributed by atoms with E-state index in [2.05, 4.69) is 54.4 Å². The fourth-order valence-corrected chi connectivity index (χ4v) is 3.66. The molecule has 0 saturated carbocycles. The molecule has 4 atom stereocenters. The van der Waals surface area contributed by atoms with E-state index in [0.29, 0.717) is 12.1 Å². The lowest BCUT2D eigenvalue weighted by molar-refractivity contribution is 0.170. The van der Waals surface area contributed by atoms with E-state index < -0.39 is 0 Å². The van der Waals surface area contributed by atoms with Crippen molar-refractivity contribution in [1.29, 1.82) is 0 Å². The summed E-state index contributed by atoms with van der Waals surface area (Å²) in [5, 5.41) is 3.62. The predicted molar refractivity (Wildman–Crippen MR) is 70.9 cm³/mol. The maximum absolute atomic E-state index is 3.62. The van der Waals surface area contributed by atoms with Crippen LogP contribution in [0.3, 0.4) is 0 Å². The maximum Gasteiger partial charge on any atom is 0.0323 e. The van der Waals surface area contributed by atoms with Crippen LogP contribution < -0.4 is 5.32 Å². The Kier molecular flexibility index (Phi) is 2.93. The van der Waals surface area contributed by atoms with Crippen molar-refractivity contribution in [1.82, 2.24) is 10.2 Å². The highest BCUT2D eigenvalue weighted by Crippen LogP contribution is 2.36. The van der Waals surface area contributed by atoms with Gasteiger partial charge < -0.3 is 5.32 Å². The Bertz CT molecular complexity index is 376. The Morgan fingerprint density at radius 1 is 1.29 bits per heavy atom. The van der Waals surface area contributed by atoms with Gasteiger partial charge in [-0.3, -0.25) is 4.90 Å². The molecule has 0 bridgehead atoms. The van der Waals surface area contributed by atoms with Crippen LogP contribution in [0.1, 0.15) is 31.9 Å². The molecule has 0 spiro atoms. The topological polar surface area (TPSA) is 15.3 Å². The summed E-state index contributed by atoms with van der Waals surface area (Å²) in [4.78, 5) is 2.70. The van der Waals surface area contributed by atoms with Crippen molar-refractivity contribution in [3.63, 3.8) is 0 Å². The number of benzene rings is 1. The van der Waals surface area contributed by atoms with Crippen molar-refractivity contribution >= 4 is 0 Å². The average molecular weight is 230 g/mol. The molecule has 1 aromatic rings. The van der Waals surface area contributed by atoms with E-state index in [1.165, 1.54) is 25.1 Å². The van der Waals surface area contributed by atoms with Gasteiger partial charge in [0.05, 0.1) is 0 Å². The predicted octanol–water partition coefficient (Wildman–Crippen LogP) is 2.43. The van der Waals surface area contributed by atoms with Crippen LogP contribution in [0, 0.1) is 5.92 Å². The SMILES string of the molecule is CC1NC[C@@H]2CCN([C@@H](C)c3ccccc3)[C@H]12. The molecule has 0 aromatic heterocycles. The Labute approximate surface area is 104 Å². The number of fused-ring (bicyclic) bond motifs is 1. The summed E-state index contributed by atoms with van der Waals surface area (Å²) in [5.41, 5.74) is 1.45. The zero-order chi connectivity index (χ0) is 11.8. The maximum atomic E-state index is 3.62. The first-order chi connectivity index (χ1) is 8.27. The monoisotopic (exact) mass is 230 g/mol. The molecule has 92 valence electrons. The Hall–Kier alpha value is -0.860. The molecule has 17 heavy (non-hydrogen) atoms. The molecule has 1 N–H and O–H groups in total. The van der Waals surface area contributed by atoms with E-state index >= 15 is 0 Å². The third kappa shape index (κ3) is 1.90. The molecule has 2 heteroatoms. The highest BCUT2D eigenvalue weighted by atomic mass is 15.3. The van der Waals surface area contributed by atoms with Gasteiger partial charge in [-0.05, 0) is 44.8 Å². The number of nitrogens with zero attached hydrogens (tertiary/aromatic N) is 1. The highest BCUT2D eigenvalue weighted by molar-refractivity contribution is 5.19. The highest BCUT2D eigenvalue weighted by Gasteiger charge is 2.43. The van der Waals surface area contributed by atoms with E-state index in [0.717, 1.165) is 12.0 Å². The molecule has 2 saturated heterocycles. The first-order valence-corrected chi connectivity index (χ1v) is 6.81. The third-order valence-electron chi connectivity index (χ3n) is 4.62. The van der Waals surface area contributed by atoms with Gasteiger partial charge in [-0.15, -0.1) is 0 Å².